The number of nitrogens with two attached hydrogens (primary N) is 1. The van der Waals surface area contributed by atoms with Crippen molar-refractivity contribution in [3.63, 3.8) is 0 Å². The second kappa shape index (κ2) is 7.56. The molecule has 0 aliphatic carbocycles. The van der Waals surface area contributed by atoms with E-state index in [0.29, 0.717) is 25.2 Å². The molecule has 1 saturated heterocycles. The largest absolute Gasteiger partial charge is 0.667 e. The maximum absolute atomic E-state index is 11.7. The highest BCUT2D eigenvalue weighted by molar-refractivity contribution is 5.90. The number of benzene rings is 1. The van der Waals surface area contributed by atoms with Crippen LogP contribution in [0, 0.1) is 0 Å². The summed E-state index contributed by atoms with van der Waals surface area (Å²) in [5.74, 6) is -3.09. The number of nitrogen functional groups attached to an aromatic ring is 1. The van der Waals surface area contributed by atoms with Crippen molar-refractivity contribution in [2.45, 2.75) is 25.2 Å². The number of anilines is 1. The van der Waals surface area contributed by atoms with Gasteiger partial charge in [-0.2, -0.15) is 13.2 Å². The number of likely N-dealkylation sites (tertiary alicyclic amines) is 1. The Bertz CT molecular complexity index is 826. The molecule has 1 aliphatic heterocycles. The molecule has 0 unspecified atom stereocenters. The quantitative estimate of drug-likeness (QED) is 0.855. The average molecular weight is 368 g/mol. The summed E-state index contributed by atoms with van der Waals surface area (Å²) in [6, 6.07) is 7.04. The molecule has 0 radical (unpaired) electrons. The van der Waals surface area contributed by atoms with E-state index in [9.17, 15) is 18.0 Å². The standard InChI is InChI=1S/C14H15N4O.C2HF3O2/c15-11-3-5-17-13-7-9(1-2-10(11)13)8-18-6-4-12(16)14(18)19;3-2(4,5)1(6)7/h1-3,5,7,12,16H,4,6,8H2,(H2,15,17);(H,6,7)/q-1;/p-1/t12-;/m0./s1. The van der Waals surface area contributed by atoms with Crippen molar-refractivity contribution in [3.8, 4) is 0 Å². The van der Waals surface area contributed by atoms with Gasteiger partial charge >= 0.3 is 6.18 Å². The molecule has 3 N–H and O–H groups in total. The SMILES string of the molecule is O=C([O-])C(F)(F)F.[NH-][C@H]1CCN(Cc2ccc3c(N)ccnc3c2)C1=O. The first kappa shape index (κ1) is 19.4. The Hall–Kier alpha value is -2.88. The van der Waals surface area contributed by atoms with E-state index in [-0.39, 0.29) is 5.91 Å². The summed E-state index contributed by atoms with van der Waals surface area (Å²) in [6.45, 7) is 1.20. The number of fused-ring (bicyclic) bond motifs is 1. The maximum Gasteiger partial charge on any atom is 0.430 e. The Balaban J connectivity index is 0.000000298. The van der Waals surface area contributed by atoms with E-state index >= 15 is 0 Å². The molecule has 0 spiro atoms. The van der Waals surface area contributed by atoms with Gasteiger partial charge in [0.25, 0.3) is 0 Å². The number of amides is 1. The van der Waals surface area contributed by atoms with Gasteiger partial charge in [0.05, 0.1) is 5.52 Å². The number of hydrogen-bond acceptors (Lipinski definition) is 5. The van der Waals surface area contributed by atoms with E-state index in [1.54, 1.807) is 17.2 Å². The van der Waals surface area contributed by atoms with Crippen molar-refractivity contribution in [2.24, 2.45) is 0 Å². The van der Waals surface area contributed by atoms with Crippen LogP contribution in [-0.2, 0) is 16.1 Å². The molecule has 1 aliphatic rings. The van der Waals surface area contributed by atoms with Gasteiger partial charge in [-0.25, -0.2) is 0 Å². The van der Waals surface area contributed by atoms with Crippen molar-refractivity contribution in [3.05, 3.63) is 41.8 Å². The number of halogens is 3. The number of carboxylic acids is 1. The number of hydrogen-bond donors (Lipinski definition) is 1. The highest BCUT2D eigenvalue weighted by Gasteiger charge is 2.28. The number of rotatable bonds is 2. The van der Waals surface area contributed by atoms with Crippen LogP contribution in [0.15, 0.2) is 30.5 Å². The fourth-order valence-electron chi connectivity index (χ4n) is 2.43. The molecule has 140 valence electrons. The maximum atomic E-state index is 11.7. The van der Waals surface area contributed by atoms with Crippen molar-refractivity contribution in [1.29, 1.82) is 0 Å². The lowest BCUT2D eigenvalue weighted by atomic mass is 10.1. The predicted octanol–water partition coefficient (Wildman–Crippen LogP) is 1.27. The molecule has 1 fully saturated rings. The van der Waals surface area contributed by atoms with E-state index in [4.69, 9.17) is 21.4 Å². The predicted molar refractivity (Wildman–Crippen MR) is 85.4 cm³/mol. The molecule has 7 nitrogen and oxygen atoms in total. The number of carboxylic acid groups (broad SMARTS) is 1. The number of pyridine rings is 1. The average Bonchev–Trinajstić information content (AvgIpc) is 2.87. The normalized spacial score (nSPS) is 17.2. The molecular formula is C16H15F3N4O3-2. The zero-order chi connectivity index (χ0) is 19.5. The summed E-state index contributed by atoms with van der Waals surface area (Å²) >= 11 is 0. The number of alkyl halides is 3. The van der Waals surface area contributed by atoms with Crippen molar-refractivity contribution < 1.29 is 27.9 Å². The van der Waals surface area contributed by atoms with E-state index < -0.39 is 18.2 Å². The van der Waals surface area contributed by atoms with Gasteiger partial charge in [0.1, 0.15) is 5.97 Å². The minimum Gasteiger partial charge on any atom is -0.667 e. The molecule has 1 aromatic heterocycles. The Labute approximate surface area is 146 Å². The molecule has 26 heavy (non-hydrogen) atoms. The molecule has 2 heterocycles. The summed E-state index contributed by atoms with van der Waals surface area (Å²) in [4.78, 5) is 26.5. The van der Waals surface area contributed by atoms with E-state index in [0.717, 1.165) is 16.5 Å². The molecule has 1 atom stereocenters. The lowest BCUT2D eigenvalue weighted by Crippen LogP contribution is -2.37. The van der Waals surface area contributed by atoms with Crippen LogP contribution < -0.4 is 10.8 Å². The number of aliphatic carboxylic acids is 1. The van der Waals surface area contributed by atoms with Gasteiger partial charge < -0.3 is 26.3 Å². The number of carbonyl (C=O) groups excluding carboxylic acids is 2. The smallest absolute Gasteiger partial charge is 0.430 e. The molecule has 1 aromatic carbocycles. The van der Waals surface area contributed by atoms with Crippen LogP contribution in [-0.4, -0.2) is 40.5 Å². The molecule has 3 rings (SSSR count). The zero-order valence-corrected chi connectivity index (χ0v) is 13.4. The van der Waals surface area contributed by atoms with Gasteiger partial charge in [0.2, 0.25) is 5.91 Å². The number of nitrogens with zero attached hydrogens (tertiary/aromatic N) is 2. The first-order valence-corrected chi connectivity index (χ1v) is 7.51. The van der Waals surface area contributed by atoms with E-state index in [1.165, 1.54) is 0 Å². The minimum atomic E-state index is -5.19. The van der Waals surface area contributed by atoms with Crippen molar-refractivity contribution in [1.82, 2.24) is 9.88 Å². The first-order chi connectivity index (χ1) is 12.1. The van der Waals surface area contributed by atoms with Gasteiger partial charge in [-0.1, -0.05) is 18.2 Å². The highest BCUT2D eigenvalue weighted by atomic mass is 19.4. The fraction of sp³-hybridized carbons (Fsp3) is 0.312. The summed E-state index contributed by atoms with van der Waals surface area (Å²) in [7, 11) is 0. The zero-order valence-electron chi connectivity index (χ0n) is 13.4. The first-order valence-electron chi connectivity index (χ1n) is 7.51. The second-order valence-corrected chi connectivity index (χ2v) is 5.64. The third-order valence-electron chi connectivity index (χ3n) is 3.74. The summed E-state index contributed by atoms with van der Waals surface area (Å²) in [5.41, 5.74) is 16.0. The Kier molecular flexibility index (Phi) is 5.66. The lowest BCUT2D eigenvalue weighted by molar-refractivity contribution is -0.344. The van der Waals surface area contributed by atoms with Crippen LogP contribution in [0.4, 0.5) is 18.9 Å². The molecule has 10 heteroatoms. The van der Waals surface area contributed by atoms with Gasteiger partial charge in [0, 0.05) is 30.4 Å². The van der Waals surface area contributed by atoms with Crippen LogP contribution in [0.1, 0.15) is 12.0 Å². The monoisotopic (exact) mass is 368 g/mol. The second-order valence-electron chi connectivity index (χ2n) is 5.64. The summed E-state index contributed by atoms with van der Waals surface area (Å²) < 4.78 is 31.5. The van der Waals surface area contributed by atoms with Crippen LogP contribution >= 0.6 is 0 Å². The van der Waals surface area contributed by atoms with Crippen molar-refractivity contribution >= 4 is 28.5 Å². The van der Waals surface area contributed by atoms with E-state index in [2.05, 4.69) is 4.98 Å². The van der Waals surface area contributed by atoms with Gasteiger partial charge in [-0.15, -0.1) is 0 Å². The van der Waals surface area contributed by atoms with Crippen LogP contribution in [0.5, 0.6) is 0 Å². The Morgan fingerprint density at radius 3 is 2.58 bits per heavy atom. The summed E-state index contributed by atoms with van der Waals surface area (Å²) in [5, 5.41) is 9.71. The fourth-order valence-corrected chi connectivity index (χ4v) is 2.43. The lowest BCUT2D eigenvalue weighted by Gasteiger charge is -2.18. The minimum absolute atomic E-state index is 0.0827. The highest BCUT2D eigenvalue weighted by Crippen LogP contribution is 2.22. The Morgan fingerprint density at radius 1 is 1.38 bits per heavy atom. The number of aromatic nitrogens is 1. The summed E-state index contributed by atoms with van der Waals surface area (Å²) in [6.07, 6.45) is -2.89. The van der Waals surface area contributed by atoms with E-state index in [1.807, 2.05) is 18.2 Å². The third-order valence-corrected chi connectivity index (χ3v) is 3.74. The van der Waals surface area contributed by atoms with Crippen LogP contribution in [0.3, 0.4) is 0 Å². The van der Waals surface area contributed by atoms with Crippen molar-refractivity contribution in [2.75, 3.05) is 12.3 Å². The third kappa shape index (κ3) is 4.60. The molecule has 0 bridgehead atoms. The van der Waals surface area contributed by atoms with Gasteiger partial charge in [-0.3, -0.25) is 9.78 Å². The molecule has 1 amide bonds. The Morgan fingerprint density at radius 2 is 2.04 bits per heavy atom. The topological polar surface area (TPSA) is 123 Å². The number of carbonyl (C=O) groups is 2. The van der Waals surface area contributed by atoms with Gasteiger partial charge in [-0.05, 0) is 24.1 Å². The molecule has 0 saturated carbocycles. The number of nitrogens with one attached hydrogen (secondary N) is 1. The van der Waals surface area contributed by atoms with Gasteiger partial charge in [0.15, 0.2) is 0 Å². The van der Waals surface area contributed by atoms with Crippen LogP contribution in [0.25, 0.3) is 16.6 Å². The molecule has 2 aromatic rings. The van der Waals surface area contributed by atoms with Crippen LogP contribution in [0.2, 0.25) is 0 Å². The molecular weight excluding hydrogens is 353 g/mol.